The van der Waals surface area contributed by atoms with E-state index >= 15 is 0 Å². The standard InChI is InChI=1S/C18H16F9N5O.ClH/c19-10-6-12(21)11(20)4-8(10)3-9(28)5-14(33)31-1-2-32-15(13(31)7-17(22,23)24)29-30-16(32)18(25,26)27;/h4,6,9,13H,1-3,5,7,28H2;1H/t9-,13?;/m1./s1. The predicted molar refractivity (Wildman–Crippen MR) is 100 cm³/mol. The minimum atomic E-state index is -4.96. The molecule has 6 nitrogen and oxygen atoms in total. The molecular formula is C18H17ClF9N5O. The molecule has 2 N–H and O–H groups in total. The van der Waals surface area contributed by atoms with Crippen LogP contribution in [0.25, 0.3) is 0 Å². The molecule has 1 aromatic heterocycles. The minimum Gasteiger partial charge on any atom is -0.330 e. The number of fused-ring (bicyclic) bond motifs is 1. The molecule has 34 heavy (non-hydrogen) atoms. The number of carbonyl (C=O) groups is 1. The summed E-state index contributed by atoms with van der Waals surface area (Å²) in [6.45, 7) is -1.02. The number of hydrogen-bond donors (Lipinski definition) is 1. The average molecular weight is 526 g/mol. The molecule has 1 amide bonds. The first-order valence-electron chi connectivity index (χ1n) is 9.43. The van der Waals surface area contributed by atoms with Crippen molar-refractivity contribution in [3.63, 3.8) is 0 Å². The van der Waals surface area contributed by atoms with Gasteiger partial charge in [0, 0.05) is 31.6 Å². The third-order valence-corrected chi connectivity index (χ3v) is 5.03. The Morgan fingerprint density at radius 2 is 1.65 bits per heavy atom. The Balaban J connectivity index is 0.00000408. The lowest BCUT2D eigenvalue weighted by Crippen LogP contribution is -2.46. The fourth-order valence-corrected chi connectivity index (χ4v) is 3.63. The Morgan fingerprint density at radius 1 is 1.03 bits per heavy atom. The first-order valence-corrected chi connectivity index (χ1v) is 9.43. The highest BCUT2D eigenvalue weighted by Gasteiger charge is 2.46. The summed E-state index contributed by atoms with van der Waals surface area (Å²) < 4.78 is 119. The first-order chi connectivity index (χ1) is 15.2. The molecule has 0 spiro atoms. The second-order valence-corrected chi connectivity index (χ2v) is 7.48. The number of nitrogens with two attached hydrogens (primary N) is 1. The summed E-state index contributed by atoms with van der Waals surface area (Å²) in [4.78, 5) is 13.4. The largest absolute Gasteiger partial charge is 0.451 e. The molecule has 1 aromatic carbocycles. The van der Waals surface area contributed by atoms with Gasteiger partial charge < -0.3 is 15.2 Å². The lowest BCUT2D eigenvalue weighted by molar-refractivity contribution is -0.159. The summed E-state index contributed by atoms with van der Waals surface area (Å²) in [7, 11) is 0. The van der Waals surface area contributed by atoms with Crippen molar-refractivity contribution in [2.75, 3.05) is 6.54 Å². The Labute approximate surface area is 192 Å². The van der Waals surface area contributed by atoms with Gasteiger partial charge in [0.15, 0.2) is 17.5 Å². The highest BCUT2D eigenvalue weighted by Crippen LogP contribution is 2.38. The lowest BCUT2D eigenvalue weighted by Gasteiger charge is -2.36. The molecule has 2 heterocycles. The van der Waals surface area contributed by atoms with Crippen molar-refractivity contribution < 1.29 is 44.3 Å². The molecule has 2 atom stereocenters. The van der Waals surface area contributed by atoms with E-state index in [1.165, 1.54) is 0 Å². The van der Waals surface area contributed by atoms with Gasteiger partial charge in [-0.05, 0) is 18.1 Å². The molecule has 2 aromatic rings. The van der Waals surface area contributed by atoms with Crippen LogP contribution in [0, 0.1) is 17.5 Å². The average Bonchev–Trinajstić information content (AvgIpc) is 3.10. The van der Waals surface area contributed by atoms with Gasteiger partial charge in [0.2, 0.25) is 11.7 Å². The summed E-state index contributed by atoms with van der Waals surface area (Å²) in [5.74, 6) is -7.04. The van der Waals surface area contributed by atoms with Crippen LogP contribution in [0.15, 0.2) is 12.1 Å². The fourth-order valence-electron chi connectivity index (χ4n) is 3.63. The molecule has 0 aliphatic carbocycles. The number of aromatic nitrogens is 3. The van der Waals surface area contributed by atoms with E-state index in [2.05, 4.69) is 10.2 Å². The quantitative estimate of drug-likeness (QED) is 0.474. The Kier molecular flexibility index (Phi) is 8.13. The van der Waals surface area contributed by atoms with Crippen molar-refractivity contribution >= 4 is 18.3 Å². The smallest absolute Gasteiger partial charge is 0.330 e. The maximum atomic E-state index is 13.8. The molecule has 16 heteroatoms. The van der Waals surface area contributed by atoms with E-state index in [0.717, 1.165) is 0 Å². The van der Waals surface area contributed by atoms with Crippen molar-refractivity contribution in [2.45, 2.75) is 50.2 Å². The molecule has 190 valence electrons. The Hall–Kier alpha value is -2.55. The Morgan fingerprint density at radius 3 is 2.24 bits per heavy atom. The van der Waals surface area contributed by atoms with Gasteiger partial charge in [0.25, 0.3) is 0 Å². The van der Waals surface area contributed by atoms with Crippen LogP contribution in [0.5, 0.6) is 0 Å². The van der Waals surface area contributed by atoms with Crippen molar-refractivity contribution in [3.8, 4) is 0 Å². The topological polar surface area (TPSA) is 77.0 Å². The van der Waals surface area contributed by atoms with Crippen molar-refractivity contribution in [1.82, 2.24) is 19.7 Å². The lowest BCUT2D eigenvalue weighted by atomic mass is 10.0. The first kappa shape index (κ1) is 27.7. The van der Waals surface area contributed by atoms with Crippen molar-refractivity contribution in [1.29, 1.82) is 0 Å². The van der Waals surface area contributed by atoms with Crippen molar-refractivity contribution in [2.24, 2.45) is 5.73 Å². The SMILES string of the molecule is Cl.N[C@@H](CC(=O)N1CCn2c(nnc2C(F)(F)F)C1CC(F)(F)F)Cc1cc(F)c(F)cc1F. The zero-order valence-corrected chi connectivity index (χ0v) is 17.7. The number of halogens is 10. The molecule has 0 fully saturated rings. The molecule has 1 unspecified atom stereocenters. The highest BCUT2D eigenvalue weighted by atomic mass is 35.5. The second-order valence-electron chi connectivity index (χ2n) is 7.48. The van der Waals surface area contributed by atoms with Crippen LogP contribution in [-0.2, 0) is 23.9 Å². The molecule has 0 bridgehead atoms. The third kappa shape index (κ3) is 6.11. The van der Waals surface area contributed by atoms with Gasteiger partial charge in [-0.15, -0.1) is 22.6 Å². The second kappa shape index (κ2) is 9.98. The molecular weight excluding hydrogens is 509 g/mol. The number of benzene rings is 1. The number of carbonyl (C=O) groups excluding carboxylic acids is 1. The van der Waals surface area contributed by atoms with Crippen LogP contribution >= 0.6 is 12.4 Å². The van der Waals surface area contributed by atoms with E-state index in [9.17, 15) is 44.3 Å². The summed E-state index contributed by atoms with van der Waals surface area (Å²) >= 11 is 0. The molecule has 0 saturated carbocycles. The summed E-state index contributed by atoms with van der Waals surface area (Å²) in [5, 5.41) is 6.17. The fraction of sp³-hybridized carbons (Fsp3) is 0.500. The number of hydrogen-bond acceptors (Lipinski definition) is 4. The molecule has 1 aliphatic rings. The van der Waals surface area contributed by atoms with E-state index in [-0.39, 0.29) is 24.0 Å². The van der Waals surface area contributed by atoms with Crippen LogP contribution in [-0.4, -0.2) is 44.3 Å². The zero-order chi connectivity index (χ0) is 24.7. The van der Waals surface area contributed by atoms with E-state index in [1.807, 2.05) is 0 Å². The number of amides is 1. The van der Waals surface area contributed by atoms with Crippen LogP contribution in [0.2, 0.25) is 0 Å². The number of alkyl halides is 6. The van der Waals surface area contributed by atoms with Gasteiger partial charge in [-0.1, -0.05) is 0 Å². The maximum absolute atomic E-state index is 13.8. The maximum Gasteiger partial charge on any atom is 0.451 e. The highest BCUT2D eigenvalue weighted by molar-refractivity contribution is 5.85. The predicted octanol–water partition coefficient (Wildman–Crippen LogP) is 3.93. The van der Waals surface area contributed by atoms with Gasteiger partial charge in [-0.3, -0.25) is 4.79 Å². The summed E-state index contributed by atoms with van der Waals surface area (Å²) in [6, 6.07) is -2.26. The normalized spacial score (nSPS) is 17.2. The van der Waals surface area contributed by atoms with Crippen LogP contribution in [0.1, 0.15) is 36.1 Å². The van der Waals surface area contributed by atoms with Crippen LogP contribution < -0.4 is 5.73 Å². The van der Waals surface area contributed by atoms with E-state index in [1.54, 1.807) is 0 Å². The molecule has 0 radical (unpaired) electrons. The van der Waals surface area contributed by atoms with Gasteiger partial charge in [-0.25, -0.2) is 13.2 Å². The summed E-state index contributed by atoms with van der Waals surface area (Å²) in [5.41, 5.74) is 5.41. The minimum absolute atomic E-state index is 0. The van der Waals surface area contributed by atoms with E-state index in [4.69, 9.17) is 5.73 Å². The Bertz CT molecular complexity index is 1040. The molecule has 3 rings (SSSR count). The summed E-state index contributed by atoms with van der Waals surface area (Å²) in [6.07, 6.45) is -12.6. The third-order valence-electron chi connectivity index (χ3n) is 5.03. The van der Waals surface area contributed by atoms with Crippen molar-refractivity contribution in [3.05, 3.63) is 46.8 Å². The molecule has 0 saturated heterocycles. The van der Waals surface area contributed by atoms with E-state index < -0.39 is 91.8 Å². The zero-order valence-electron chi connectivity index (χ0n) is 16.9. The van der Waals surface area contributed by atoms with Gasteiger partial charge in [0.05, 0.1) is 6.42 Å². The number of rotatable bonds is 5. The monoisotopic (exact) mass is 525 g/mol. The van der Waals surface area contributed by atoms with Crippen LogP contribution in [0.3, 0.4) is 0 Å². The van der Waals surface area contributed by atoms with Gasteiger partial charge in [0.1, 0.15) is 11.9 Å². The van der Waals surface area contributed by atoms with Gasteiger partial charge >= 0.3 is 12.4 Å². The van der Waals surface area contributed by atoms with E-state index in [0.29, 0.717) is 15.5 Å². The van der Waals surface area contributed by atoms with Crippen LogP contribution in [0.4, 0.5) is 39.5 Å². The number of nitrogens with zero attached hydrogens (tertiary/aromatic N) is 4. The van der Waals surface area contributed by atoms with Gasteiger partial charge in [-0.2, -0.15) is 26.3 Å². The molecule has 1 aliphatic heterocycles.